The summed E-state index contributed by atoms with van der Waals surface area (Å²) in [6.07, 6.45) is 6.39. The maximum Gasteiger partial charge on any atom is 0.306 e. The second-order valence-electron chi connectivity index (χ2n) is 4.38. The lowest BCUT2D eigenvalue weighted by atomic mass is 9.76. The number of hydrogen-bond acceptors (Lipinski definition) is 1. The molecule has 2 nitrogen and oxygen atoms in total. The molecule has 2 unspecified atom stereocenters. The smallest absolute Gasteiger partial charge is 0.306 e. The molecule has 1 saturated carbocycles. The summed E-state index contributed by atoms with van der Waals surface area (Å²) in [5.74, 6) is 0.179. The van der Waals surface area contributed by atoms with Crippen LogP contribution in [0.1, 0.15) is 46.0 Å². The molecule has 0 amide bonds. The zero-order valence-electron chi connectivity index (χ0n) is 8.62. The van der Waals surface area contributed by atoms with Crippen molar-refractivity contribution in [2.24, 2.45) is 17.8 Å². The molecular formula is C11H20O2. The summed E-state index contributed by atoms with van der Waals surface area (Å²) in [6, 6.07) is 0. The van der Waals surface area contributed by atoms with Crippen molar-refractivity contribution in [1.82, 2.24) is 0 Å². The fourth-order valence-electron chi connectivity index (χ4n) is 2.29. The molecule has 0 aromatic heterocycles. The molecule has 1 aliphatic carbocycles. The van der Waals surface area contributed by atoms with E-state index in [-0.39, 0.29) is 5.92 Å². The number of hydrogen-bond donors (Lipinski definition) is 1. The van der Waals surface area contributed by atoms with Crippen LogP contribution in [0.5, 0.6) is 0 Å². The molecule has 1 rings (SSSR count). The maximum absolute atomic E-state index is 10.8. The monoisotopic (exact) mass is 184 g/mol. The van der Waals surface area contributed by atoms with Crippen LogP contribution in [0.15, 0.2) is 0 Å². The fourth-order valence-corrected chi connectivity index (χ4v) is 2.29. The molecule has 1 aliphatic rings. The van der Waals surface area contributed by atoms with E-state index in [1.54, 1.807) is 0 Å². The molecule has 0 radical (unpaired) electrons. The van der Waals surface area contributed by atoms with Crippen molar-refractivity contribution in [1.29, 1.82) is 0 Å². The molecule has 1 fully saturated rings. The summed E-state index contributed by atoms with van der Waals surface area (Å²) in [6.45, 7) is 3.93. The molecule has 0 spiro atoms. The minimum atomic E-state index is -0.641. The Kier molecular flexibility index (Phi) is 3.76. The van der Waals surface area contributed by atoms with Gasteiger partial charge in [0.25, 0.3) is 0 Å². The van der Waals surface area contributed by atoms with Gasteiger partial charge in [0, 0.05) is 0 Å². The van der Waals surface area contributed by atoms with Gasteiger partial charge in [-0.2, -0.15) is 0 Å². The van der Waals surface area contributed by atoms with Gasteiger partial charge in [-0.05, 0) is 11.8 Å². The predicted molar refractivity (Wildman–Crippen MR) is 52.5 cm³/mol. The largest absolute Gasteiger partial charge is 0.481 e. The van der Waals surface area contributed by atoms with Crippen LogP contribution in [-0.4, -0.2) is 11.1 Å². The van der Waals surface area contributed by atoms with E-state index < -0.39 is 5.97 Å². The Morgan fingerprint density at radius 2 is 1.77 bits per heavy atom. The highest BCUT2D eigenvalue weighted by molar-refractivity contribution is 5.69. The van der Waals surface area contributed by atoms with Crippen molar-refractivity contribution < 1.29 is 9.90 Å². The molecule has 0 aromatic carbocycles. The lowest BCUT2D eigenvalue weighted by Crippen LogP contribution is -2.26. The average Bonchev–Trinajstić information content (AvgIpc) is 2.17. The van der Waals surface area contributed by atoms with Gasteiger partial charge < -0.3 is 5.11 Å². The van der Waals surface area contributed by atoms with Gasteiger partial charge in [-0.25, -0.2) is 0 Å². The van der Waals surface area contributed by atoms with Crippen molar-refractivity contribution in [2.45, 2.75) is 46.0 Å². The van der Waals surface area contributed by atoms with E-state index in [0.29, 0.717) is 11.8 Å². The van der Waals surface area contributed by atoms with Gasteiger partial charge in [0.15, 0.2) is 0 Å². The molecular weight excluding hydrogens is 164 g/mol. The van der Waals surface area contributed by atoms with E-state index in [0.717, 1.165) is 0 Å². The van der Waals surface area contributed by atoms with E-state index in [1.165, 1.54) is 32.1 Å². The van der Waals surface area contributed by atoms with Crippen molar-refractivity contribution in [3.63, 3.8) is 0 Å². The maximum atomic E-state index is 10.8. The normalized spacial score (nSPS) is 23.8. The van der Waals surface area contributed by atoms with Crippen LogP contribution < -0.4 is 0 Å². The third-order valence-corrected chi connectivity index (χ3v) is 3.57. The van der Waals surface area contributed by atoms with Crippen LogP contribution in [-0.2, 0) is 4.79 Å². The molecule has 13 heavy (non-hydrogen) atoms. The van der Waals surface area contributed by atoms with Gasteiger partial charge in [-0.3, -0.25) is 4.79 Å². The molecule has 0 bridgehead atoms. The van der Waals surface area contributed by atoms with Crippen molar-refractivity contribution >= 4 is 5.97 Å². The molecule has 0 aliphatic heterocycles. The zero-order chi connectivity index (χ0) is 9.84. The Morgan fingerprint density at radius 3 is 2.23 bits per heavy atom. The molecule has 1 N–H and O–H groups in total. The van der Waals surface area contributed by atoms with Crippen molar-refractivity contribution in [3.05, 3.63) is 0 Å². The fraction of sp³-hybridized carbons (Fsp3) is 0.909. The van der Waals surface area contributed by atoms with Crippen LogP contribution >= 0.6 is 0 Å². The minimum absolute atomic E-state index is 0.178. The first-order valence-corrected chi connectivity index (χ1v) is 5.35. The van der Waals surface area contributed by atoms with E-state index in [2.05, 4.69) is 6.92 Å². The summed E-state index contributed by atoms with van der Waals surface area (Å²) < 4.78 is 0. The number of rotatable bonds is 3. The van der Waals surface area contributed by atoms with Crippen LogP contribution in [0, 0.1) is 17.8 Å². The topological polar surface area (TPSA) is 37.3 Å². The standard InChI is InChI=1S/C11H20O2/c1-8(9(2)11(12)13)10-6-4-3-5-7-10/h8-10H,3-7H2,1-2H3,(H,12,13). The highest BCUT2D eigenvalue weighted by atomic mass is 16.4. The Balaban J connectivity index is 2.44. The van der Waals surface area contributed by atoms with E-state index in [4.69, 9.17) is 5.11 Å². The SMILES string of the molecule is CC(C(=O)O)C(C)C1CCCCC1. The van der Waals surface area contributed by atoms with Crippen LogP contribution in [0.2, 0.25) is 0 Å². The van der Waals surface area contributed by atoms with E-state index in [1.807, 2.05) is 6.92 Å². The molecule has 2 atom stereocenters. The Labute approximate surface area is 80.3 Å². The van der Waals surface area contributed by atoms with Gasteiger partial charge in [0.1, 0.15) is 0 Å². The summed E-state index contributed by atoms with van der Waals surface area (Å²) in [5, 5.41) is 8.88. The molecule has 2 heteroatoms. The lowest BCUT2D eigenvalue weighted by molar-refractivity contribution is -0.143. The first kappa shape index (κ1) is 10.6. The number of aliphatic carboxylic acids is 1. The predicted octanol–water partition coefficient (Wildman–Crippen LogP) is 2.92. The Morgan fingerprint density at radius 1 is 1.23 bits per heavy atom. The zero-order valence-corrected chi connectivity index (χ0v) is 8.62. The summed E-state index contributed by atoms with van der Waals surface area (Å²) in [4.78, 5) is 10.8. The van der Waals surface area contributed by atoms with Crippen LogP contribution in [0.3, 0.4) is 0 Å². The van der Waals surface area contributed by atoms with E-state index in [9.17, 15) is 4.79 Å². The third kappa shape index (κ3) is 2.71. The van der Waals surface area contributed by atoms with Gasteiger partial charge in [-0.15, -0.1) is 0 Å². The highest BCUT2D eigenvalue weighted by Gasteiger charge is 2.27. The van der Waals surface area contributed by atoms with Gasteiger partial charge >= 0.3 is 5.97 Å². The first-order valence-electron chi connectivity index (χ1n) is 5.35. The quantitative estimate of drug-likeness (QED) is 0.732. The van der Waals surface area contributed by atoms with Crippen LogP contribution in [0.25, 0.3) is 0 Å². The number of carbonyl (C=O) groups is 1. The van der Waals surface area contributed by atoms with Gasteiger partial charge in [0.05, 0.1) is 5.92 Å². The number of carboxylic acids is 1. The van der Waals surface area contributed by atoms with Crippen molar-refractivity contribution in [3.8, 4) is 0 Å². The summed E-state index contributed by atoms with van der Waals surface area (Å²) >= 11 is 0. The molecule has 0 heterocycles. The van der Waals surface area contributed by atoms with Gasteiger partial charge in [0.2, 0.25) is 0 Å². The van der Waals surface area contributed by atoms with Crippen molar-refractivity contribution in [2.75, 3.05) is 0 Å². The van der Waals surface area contributed by atoms with Crippen LogP contribution in [0.4, 0.5) is 0 Å². The lowest BCUT2D eigenvalue weighted by Gasteiger charge is -2.29. The third-order valence-electron chi connectivity index (χ3n) is 3.57. The Hall–Kier alpha value is -0.530. The summed E-state index contributed by atoms with van der Waals surface area (Å²) in [7, 11) is 0. The second-order valence-corrected chi connectivity index (χ2v) is 4.38. The minimum Gasteiger partial charge on any atom is -0.481 e. The molecule has 76 valence electrons. The van der Waals surface area contributed by atoms with E-state index >= 15 is 0 Å². The number of carboxylic acid groups (broad SMARTS) is 1. The highest BCUT2D eigenvalue weighted by Crippen LogP contribution is 2.33. The molecule has 0 aromatic rings. The molecule has 0 saturated heterocycles. The first-order chi connectivity index (χ1) is 6.13. The Bertz CT molecular complexity index is 171. The second kappa shape index (κ2) is 4.64. The van der Waals surface area contributed by atoms with Gasteiger partial charge in [-0.1, -0.05) is 46.0 Å². The average molecular weight is 184 g/mol. The summed E-state index contributed by atoms with van der Waals surface area (Å²) in [5.41, 5.74) is 0.